The van der Waals surface area contributed by atoms with Crippen molar-refractivity contribution in [2.24, 2.45) is 0 Å². The van der Waals surface area contributed by atoms with Gasteiger partial charge in [0.25, 0.3) is 0 Å². The molecule has 0 aliphatic carbocycles. The first-order chi connectivity index (χ1) is 15.1. The molecule has 0 spiro atoms. The predicted octanol–water partition coefficient (Wildman–Crippen LogP) is 3.57. The van der Waals surface area contributed by atoms with Crippen LogP contribution in [-0.4, -0.2) is 44.4 Å². The molecule has 0 radical (unpaired) electrons. The maximum absolute atomic E-state index is 12.8. The molecule has 0 atom stereocenters. The Labute approximate surface area is 192 Å². The van der Waals surface area contributed by atoms with Gasteiger partial charge in [-0.15, -0.1) is 0 Å². The molecular weight excluding hydrogens is 474 g/mol. The molecule has 0 unspecified atom stereocenters. The minimum absolute atomic E-state index is 0.0943. The van der Waals surface area contributed by atoms with E-state index in [0.717, 1.165) is 5.56 Å². The Balaban J connectivity index is 1.41. The average molecular weight is 496 g/mol. The van der Waals surface area contributed by atoms with Crippen LogP contribution in [0.4, 0.5) is 0 Å². The van der Waals surface area contributed by atoms with E-state index >= 15 is 0 Å². The van der Waals surface area contributed by atoms with E-state index in [1.807, 2.05) is 6.92 Å². The standard InChI is InChI=1S/C21H22ClN3O5S2/c1-15-2-6-18(7-3-15)31(26,27)14-20-23-21(30-24-20)16-10-12-25(13-11-16)32(28,29)19-8-4-17(22)5-9-19/h2-9,16H,10-14H2,1H3. The zero-order valence-electron chi connectivity index (χ0n) is 17.3. The van der Waals surface area contributed by atoms with Crippen LogP contribution in [0.3, 0.4) is 0 Å². The third-order valence-electron chi connectivity index (χ3n) is 5.44. The average Bonchev–Trinajstić information content (AvgIpc) is 3.22. The van der Waals surface area contributed by atoms with Crippen molar-refractivity contribution in [3.05, 3.63) is 70.8 Å². The van der Waals surface area contributed by atoms with Crippen molar-refractivity contribution in [3.63, 3.8) is 0 Å². The van der Waals surface area contributed by atoms with Crippen molar-refractivity contribution < 1.29 is 21.4 Å². The van der Waals surface area contributed by atoms with Crippen LogP contribution in [0.15, 0.2) is 62.8 Å². The first-order valence-electron chi connectivity index (χ1n) is 10.0. The van der Waals surface area contributed by atoms with Crippen LogP contribution in [0.5, 0.6) is 0 Å². The molecule has 3 aromatic rings. The van der Waals surface area contributed by atoms with Gasteiger partial charge in [-0.05, 0) is 56.2 Å². The van der Waals surface area contributed by atoms with Crippen LogP contribution < -0.4 is 0 Å². The highest BCUT2D eigenvalue weighted by Crippen LogP contribution is 2.30. The lowest BCUT2D eigenvalue weighted by Gasteiger charge is -2.29. The fourth-order valence-electron chi connectivity index (χ4n) is 3.59. The largest absolute Gasteiger partial charge is 0.339 e. The monoisotopic (exact) mass is 495 g/mol. The molecule has 11 heteroatoms. The fraction of sp³-hybridized carbons (Fsp3) is 0.333. The van der Waals surface area contributed by atoms with E-state index in [-0.39, 0.29) is 27.3 Å². The highest BCUT2D eigenvalue weighted by molar-refractivity contribution is 7.90. The van der Waals surface area contributed by atoms with E-state index < -0.39 is 19.9 Å². The quantitative estimate of drug-likeness (QED) is 0.514. The molecule has 0 bridgehead atoms. The van der Waals surface area contributed by atoms with Gasteiger partial charge in [0.15, 0.2) is 15.7 Å². The second kappa shape index (κ2) is 8.93. The number of aryl methyl sites for hydroxylation is 1. The molecule has 0 amide bonds. The zero-order valence-corrected chi connectivity index (χ0v) is 19.7. The third kappa shape index (κ3) is 4.88. The van der Waals surface area contributed by atoms with Crippen molar-refractivity contribution >= 4 is 31.5 Å². The van der Waals surface area contributed by atoms with Gasteiger partial charge in [0.2, 0.25) is 15.9 Å². The van der Waals surface area contributed by atoms with Gasteiger partial charge in [-0.25, -0.2) is 16.8 Å². The predicted molar refractivity (Wildman–Crippen MR) is 119 cm³/mol. The van der Waals surface area contributed by atoms with E-state index in [1.165, 1.54) is 16.4 Å². The van der Waals surface area contributed by atoms with Crippen molar-refractivity contribution in [2.45, 2.75) is 41.2 Å². The van der Waals surface area contributed by atoms with E-state index in [0.29, 0.717) is 36.8 Å². The van der Waals surface area contributed by atoms with Crippen molar-refractivity contribution in [2.75, 3.05) is 13.1 Å². The first kappa shape index (κ1) is 22.9. The number of hydrogen-bond acceptors (Lipinski definition) is 7. The number of aromatic nitrogens is 2. The number of halogens is 1. The number of rotatable bonds is 6. The Bertz CT molecular complexity index is 1300. The van der Waals surface area contributed by atoms with Gasteiger partial charge in [-0.2, -0.15) is 9.29 Å². The molecule has 32 heavy (non-hydrogen) atoms. The first-order valence-corrected chi connectivity index (χ1v) is 13.5. The Morgan fingerprint density at radius 2 is 1.56 bits per heavy atom. The van der Waals surface area contributed by atoms with Crippen LogP contribution in [0.25, 0.3) is 0 Å². The molecule has 2 heterocycles. The van der Waals surface area contributed by atoms with Crippen molar-refractivity contribution in [1.29, 1.82) is 0 Å². The maximum atomic E-state index is 12.8. The number of benzene rings is 2. The van der Waals surface area contributed by atoms with Gasteiger partial charge in [0.05, 0.1) is 9.79 Å². The summed E-state index contributed by atoms with van der Waals surface area (Å²) >= 11 is 5.85. The topological polar surface area (TPSA) is 110 Å². The molecule has 1 aliphatic heterocycles. The molecule has 1 aromatic heterocycles. The Kier molecular flexibility index (Phi) is 6.39. The summed E-state index contributed by atoms with van der Waals surface area (Å²) in [5.74, 6) is -0.0574. The van der Waals surface area contributed by atoms with Gasteiger partial charge in [0.1, 0.15) is 5.75 Å². The van der Waals surface area contributed by atoms with Crippen LogP contribution >= 0.6 is 11.6 Å². The number of piperidine rings is 1. The van der Waals surface area contributed by atoms with Gasteiger partial charge >= 0.3 is 0 Å². The minimum Gasteiger partial charge on any atom is -0.339 e. The summed E-state index contributed by atoms with van der Waals surface area (Å²) in [6.45, 7) is 2.48. The maximum Gasteiger partial charge on any atom is 0.243 e. The SMILES string of the molecule is Cc1ccc(S(=O)(=O)Cc2noc(C3CCN(S(=O)(=O)c4ccc(Cl)cc4)CC3)n2)cc1. The summed E-state index contributed by atoms with van der Waals surface area (Å²) in [5.41, 5.74) is 0.968. The summed E-state index contributed by atoms with van der Waals surface area (Å²) < 4.78 is 57.6. The lowest BCUT2D eigenvalue weighted by molar-refractivity contribution is 0.270. The summed E-state index contributed by atoms with van der Waals surface area (Å²) in [7, 11) is -7.20. The molecule has 0 N–H and O–H groups in total. The summed E-state index contributed by atoms with van der Waals surface area (Å²) in [5, 5.41) is 4.31. The van der Waals surface area contributed by atoms with Gasteiger partial charge in [0, 0.05) is 24.0 Å². The summed E-state index contributed by atoms with van der Waals surface area (Å²) in [6.07, 6.45) is 0.998. The van der Waals surface area contributed by atoms with Crippen molar-refractivity contribution in [1.82, 2.24) is 14.4 Å². The van der Waals surface area contributed by atoms with E-state index in [1.54, 1.807) is 36.4 Å². The zero-order chi connectivity index (χ0) is 22.9. The van der Waals surface area contributed by atoms with E-state index in [9.17, 15) is 16.8 Å². The Morgan fingerprint density at radius 3 is 2.19 bits per heavy atom. The molecule has 1 fully saturated rings. The Hall–Kier alpha value is -2.27. The summed E-state index contributed by atoms with van der Waals surface area (Å²) in [4.78, 5) is 4.68. The highest BCUT2D eigenvalue weighted by atomic mass is 35.5. The highest BCUT2D eigenvalue weighted by Gasteiger charge is 2.32. The Morgan fingerprint density at radius 1 is 0.969 bits per heavy atom. The number of hydrogen-bond donors (Lipinski definition) is 0. The third-order valence-corrected chi connectivity index (χ3v) is 9.23. The minimum atomic E-state index is -3.61. The second-order valence-corrected chi connectivity index (χ2v) is 12.1. The van der Waals surface area contributed by atoms with Crippen LogP contribution in [0.2, 0.25) is 5.02 Å². The van der Waals surface area contributed by atoms with Crippen LogP contribution in [-0.2, 0) is 25.6 Å². The van der Waals surface area contributed by atoms with Gasteiger partial charge in [-0.3, -0.25) is 0 Å². The normalized spacial score (nSPS) is 16.3. The molecule has 4 rings (SSSR count). The number of nitrogens with zero attached hydrogens (tertiary/aromatic N) is 3. The lowest BCUT2D eigenvalue weighted by Crippen LogP contribution is -2.37. The fourth-order valence-corrected chi connectivity index (χ4v) is 6.36. The smallest absolute Gasteiger partial charge is 0.243 e. The molecule has 8 nitrogen and oxygen atoms in total. The van der Waals surface area contributed by atoms with E-state index in [4.69, 9.17) is 16.1 Å². The number of sulfonamides is 1. The number of sulfone groups is 1. The van der Waals surface area contributed by atoms with Crippen LogP contribution in [0.1, 0.15) is 36.0 Å². The van der Waals surface area contributed by atoms with Crippen LogP contribution in [0, 0.1) is 6.92 Å². The lowest BCUT2D eigenvalue weighted by atomic mass is 9.98. The van der Waals surface area contributed by atoms with Gasteiger partial charge < -0.3 is 4.52 Å². The van der Waals surface area contributed by atoms with Gasteiger partial charge in [-0.1, -0.05) is 34.5 Å². The molecule has 0 saturated carbocycles. The van der Waals surface area contributed by atoms with Crippen molar-refractivity contribution in [3.8, 4) is 0 Å². The second-order valence-electron chi connectivity index (χ2n) is 7.75. The molecule has 170 valence electrons. The molecule has 2 aromatic carbocycles. The molecule has 1 saturated heterocycles. The van der Waals surface area contributed by atoms with E-state index in [2.05, 4.69) is 10.1 Å². The summed E-state index contributed by atoms with van der Waals surface area (Å²) in [6, 6.07) is 12.7. The molecule has 1 aliphatic rings. The molecular formula is C21H22ClN3O5S2.